The summed E-state index contributed by atoms with van der Waals surface area (Å²) in [4.78, 5) is 34.8. The van der Waals surface area contributed by atoms with Gasteiger partial charge in [-0.1, -0.05) is 0 Å². The second-order valence-corrected chi connectivity index (χ2v) is 8.06. The number of carbonyl (C=O) groups is 1. The van der Waals surface area contributed by atoms with Crippen molar-refractivity contribution in [3.05, 3.63) is 22.9 Å². The minimum absolute atomic E-state index is 0.0269. The van der Waals surface area contributed by atoms with Crippen LogP contribution in [0.5, 0.6) is 0 Å². The number of amides is 1. The van der Waals surface area contributed by atoms with Gasteiger partial charge in [-0.2, -0.15) is 0 Å². The van der Waals surface area contributed by atoms with E-state index >= 15 is 0 Å². The van der Waals surface area contributed by atoms with Gasteiger partial charge in [-0.05, 0) is 46.5 Å². The minimum Gasteiger partial charge on any atom is -0.465 e. The molecule has 0 saturated heterocycles. The van der Waals surface area contributed by atoms with Crippen molar-refractivity contribution in [2.75, 3.05) is 0 Å². The van der Waals surface area contributed by atoms with Gasteiger partial charge in [0.05, 0.1) is 0 Å². The third-order valence-corrected chi connectivity index (χ3v) is 5.19. The van der Waals surface area contributed by atoms with Crippen molar-refractivity contribution in [2.24, 2.45) is 0 Å². The van der Waals surface area contributed by atoms with E-state index in [1.807, 2.05) is 20.8 Å². The summed E-state index contributed by atoms with van der Waals surface area (Å²) in [5.74, 6) is 0. The van der Waals surface area contributed by atoms with Gasteiger partial charge >= 0.3 is 11.8 Å². The zero-order valence-corrected chi connectivity index (χ0v) is 14.7. The molecule has 2 fully saturated rings. The molecule has 2 aromatic heterocycles. The lowest BCUT2D eigenvalue weighted by Gasteiger charge is -2.47. The summed E-state index contributed by atoms with van der Waals surface area (Å²) in [6.07, 6.45) is 5.56. The quantitative estimate of drug-likeness (QED) is 0.922. The lowest BCUT2D eigenvalue weighted by Crippen LogP contribution is -2.56. The van der Waals surface area contributed by atoms with Gasteiger partial charge in [-0.25, -0.2) is 19.6 Å². The van der Waals surface area contributed by atoms with Crippen molar-refractivity contribution in [2.45, 2.75) is 70.1 Å². The van der Waals surface area contributed by atoms with Gasteiger partial charge < -0.3 is 10.0 Å². The van der Waals surface area contributed by atoms with E-state index in [1.165, 1.54) is 4.90 Å². The molecule has 2 aliphatic carbocycles. The monoisotopic (exact) mass is 345 g/mol. The molecular weight excluding hydrogens is 322 g/mol. The highest BCUT2D eigenvalue weighted by molar-refractivity contribution is 5.68. The molecular formula is C17H23N5O3. The fourth-order valence-electron chi connectivity index (χ4n) is 3.92. The van der Waals surface area contributed by atoms with Crippen LogP contribution in [-0.4, -0.2) is 46.8 Å². The Morgan fingerprint density at radius 3 is 2.08 bits per heavy atom. The van der Waals surface area contributed by atoms with Crippen molar-refractivity contribution in [3.8, 4) is 0 Å². The molecule has 2 aromatic rings. The molecule has 8 nitrogen and oxygen atoms in total. The van der Waals surface area contributed by atoms with Gasteiger partial charge in [-0.15, -0.1) is 0 Å². The molecule has 0 aliphatic heterocycles. The smallest absolute Gasteiger partial charge is 0.407 e. The van der Waals surface area contributed by atoms with Crippen LogP contribution in [-0.2, 0) is 0 Å². The Kier molecular flexibility index (Phi) is 3.42. The number of hydrogen-bond donors (Lipinski definition) is 1. The van der Waals surface area contributed by atoms with Gasteiger partial charge in [-0.3, -0.25) is 9.13 Å². The van der Waals surface area contributed by atoms with Crippen molar-refractivity contribution < 1.29 is 9.90 Å². The standard InChI is InChI=1S/C17H23N5O3/c1-17(2,3)22(16(24)25)12-8-11(9-12)21-14-13(18-6-7-19-14)20(15(21)23)10-4-5-10/h6-7,10-12H,4-5,8-9H2,1-3H3,(H,24,25)/t11-,12-. The summed E-state index contributed by atoms with van der Waals surface area (Å²) in [6, 6.07) is 0.125. The first-order chi connectivity index (χ1) is 11.8. The van der Waals surface area contributed by atoms with E-state index in [4.69, 9.17) is 0 Å². The Hall–Kier alpha value is -2.38. The van der Waals surface area contributed by atoms with Crippen molar-refractivity contribution in [1.82, 2.24) is 24.0 Å². The maximum Gasteiger partial charge on any atom is 0.407 e. The Balaban J connectivity index is 1.66. The summed E-state index contributed by atoms with van der Waals surface area (Å²) in [5.41, 5.74) is 0.725. The summed E-state index contributed by atoms with van der Waals surface area (Å²) in [6.45, 7) is 5.68. The largest absolute Gasteiger partial charge is 0.465 e. The number of aromatic nitrogens is 4. The lowest BCUT2D eigenvalue weighted by molar-refractivity contribution is 0.0218. The van der Waals surface area contributed by atoms with Crippen LogP contribution < -0.4 is 5.69 Å². The molecule has 2 heterocycles. The average molecular weight is 345 g/mol. The third kappa shape index (κ3) is 2.51. The maximum absolute atomic E-state index is 12.9. The zero-order valence-electron chi connectivity index (χ0n) is 14.7. The normalized spacial score (nSPS) is 23.5. The Bertz CT molecular complexity index is 884. The molecule has 1 N–H and O–H groups in total. The summed E-state index contributed by atoms with van der Waals surface area (Å²) in [5, 5.41) is 9.54. The topological polar surface area (TPSA) is 93.2 Å². The molecule has 25 heavy (non-hydrogen) atoms. The first-order valence-electron chi connectivity index (χ1n) is 8.74. The summed E-state index contributed by atoms with van der Waals surface area (Å²) in [7, 11) is 0. The van der Waals surface area contributed by atoms with Crippen molar-refractivity contribution in [3.63, 3.8) is 0 Å². The molecule has 4 rings (SSSR count). The minimum atomic E-state index is -0.913. The highest BCUT2D eigenvalue weighted by atomic mass is 16.4. The molecule has 1 amide bonds. The first-order valence-corrected chi connectivity index (χ1v) is 8.74. The molecule has 2 aliphatic rings. The van der Waals surface area contributed by atoms with E-state index in [1.54, 1.807) is 21.5 Å². The highest BCUT2D eigenvalue weighted by Crippen LogP contribution is 2.41. The van der Waals surface area contributed by atoms with E-state index in [0.717, 1.165) is 12.8 Å². The van der Waals surface area contributed by atoms with Crippen LogP contribution >= 0.6 is 0 Å². The van der Waals surface area contributed by atoms with Gasteiger partial charge in [0.15, 0.2) is 11.3 Å². The van der Waals surface area contributed by atoms with E-state index in [0.29, 0.717) is 24.1 Å². The lowest BCUT2D eigenvalue weighted by atomic mass is 9.83. The first kappa shape index (κ1) is 16.1. The molecule has 0 unspecified atom stereocenters. The highest BCUT2D eigenvalue weighted by Gasteiger charge is 2.43. The molecule has 0 atom stereocenters. The van der Waals surface area contributed by atoms with Crippen LogP contribution in [0.3, 0.4) is 0 Å². The number of carboxylic acid groups (broad SMARTS) is 1. The summed E-state index contributed by atoms with van der Waals surface area (Å²) >= 11 is 0. The van der Waals surface area contributed by atoms with E-state index in [-0.39, 0.29) is 23.8 Å². The third-order valence-electron chi connectivity index (χ3n) is 5.19. The van der Waals surface area contributed by atoms with Crippen LogP contribution in [0.25, 0.3) is 11.3 Å². The maximum atomic E-state index is 12.9. The molecule has 0 radical (unpaired) electrons. The van der Waals surface area contributed by atoms with E-state index < -0.39 is 11.6 Å². The van der Waals surface area contributed by atoms with Gasteiger partial charge in [0.25, 0.3) is 0 Å². The molecule has 8 heteroatoms. The fourth-order valence-corrected chi connectivity index (χ4v) is 3.92. The van der Waals surface area contributed by atoms with Gasteiger partial charge in [0, 0.05) is 36.1 Å². The van der Waals surface area contributed by atoms with Crippen LogP contribution in [0.2, 0.25) is 0 Å². The second-order valence-electron chi connectivity index (χ2n) is 8.06. The van der Waals surface area contributed by atoms with Crippen LogP contribution in [0.15, 0.2) is 17.2 Å². The Morgan fingerprint density at radius 2 is 1.64 bits per heavy atom. The fraction of sp³-hybridized carbons (Fsp3) is 0.647. The van der Waals surface area contributed by atoms with Gasteiger partial charge in [0.1, 0.15) is 0 Å². The molecule has 0 bridgehead atoms. The van der Waals surface area contributed by atoms with Crippen molar-refractivity contribution in [1.29, 1.82) is 0 Å². The number of hydrogen-bond acceptors (Lipinski definition) is 4. The van der Waals surface area contributed by atoms with E-state index in [9.17, 15) is 14.7 Å². The van der Waals surface area contributed by atoms with E-state index in [2.05, 4.69) is 9.97 Å². The van der Waals surface area contributed by atoms with Crippen molar-refractivity contribution >= 4 is 17.4 Å². The molecule has 2 saturated carbocycles. The Morgan fingerprint density at radius 1 is 1.12 bits per heavy atom. The molecule has 134 valence electrons. The van der Waals surface area contributed by atoms with Crippen LogP contribution in [0, 0.1) is 0 Å². The van der Waals surface area contributed by atoms with Gasteiger partial charge in [0.2, 0.25) is 0 Å². The molecule has 0 aromatic carbocycles. The average Bonchev–Trinajstić information content (AvgIpc) is 3.25. The van der Waals surface area contributed by atoms with Crippen LogP contribution in [0.1, 0.15) is 58.5 Å². The molecule has 0 spiro atoms. The predicted octanol–water partition coefficient (Wildman–Crippen LogP) is 2.41. The number of fused-ring (bicyclic) bond motifs is 1. The number of imidazole rings is 1. The SMILES string of the molecule is CC(C)(C)N(C(=O)O)[C@H]1C[C@H](n2c(=O)n(C3CC3)c3nccnc32)C1. The number of nitrogens with zero attached hydrogens (tertiary/aromatic N) is 5. The summed E-state index contributed by atoms with van der Waals surface area (Å²) < 4.78 is 3.48. The number of rotatable bonds is 3. The Labute approximate surface area is 145 Å². The predicted molar refractivity (Wildman–Crippen MR) is 91.7 cm³/mol. The zero-order chi connectivity index (χ0) is 17.9. The second kappa shape index (κ2) is 5.31. The van der Waals surface area contributed by atoms with Crippen LogP contribution in [0.4, 0.5) is 4.79 Å².